The maximum absolute atomic E-state index is 5.36. The summed E-state index contributed by atoms with van der Waals surface area (Å²) in [5, 5.41) is 3.40. The van der Waals surface area contributed by atoms with Gasteiger partial charge >= 0.3 is 0 Å². The normalized spacial score (nSPS) is 20.9. The first-order valence-corrected chi connectivity index (χ1v) is 5.14. The Kier molecular flexibility index (Phi) is 4.88. The summed E-state index contributed by atoms with van der Waals surface area (Å²) in [4.78, 5) is 0. The quantitative estimate of drug-likeness (QED) is 0.662. The van der Waals surface area contributed by atoms with Gasteiger partial charge in [-0.25, -0.2) is 0 Å². The maximum atomic E-state index is 5.36. The van der Waals surface area contributed by atoms with Crippen molar-refractivity contribution in [2.75, 3.05) is 19.8 Å². The average molecular weight is 181 g/mol. The number of hydrogen-bond donors (Lipinski definition) is 1. The third-order valence-electron chi connectivity index (χ3n) is 2.60. The van der Waals surface area contributed by atoms with E-state index in [9.17, 15) is 0 Å². The molecule has 74 valence electrons. The van der Waals surface area contributed by atoms with E-state index in [1.807, 2.05) is 0 Å². The molecule has 2 heteroatoms. The van der Waals surface area contributed by atoms with Gasteiger partial charge in [0.15, 0.2) is 0 Å². The molecule has 0 spiro atoms. The van der Waals surface area contributed by atoms with Crippen molar-refractivity contribution in [2.24, 2.45) is 5.92 Å². The van der Waals surface area contributed by atoms with E-state index in [2.05, 4.69) is 18.2 Å². The fourth-order valence-electron chi connectivity index (χ4n) is 1.58. The van der Waals surface area contributed by atoms with Gasteiger partial charge in [0, 0.05) is 13.2 Å². The zero-order chi connectivity index (χ0) is 9.52. The van der Waals surface area contributed by atoms with Crippen LogP contribution in [-0.4, -0.2) is 25.8 Å². The van der Waals surface area contributed by atoms with Crippen molar-refractivity contribution in [2.45, 2.75) is 32.2 Å². The summed E-state index contributed by atoms with van der Waals surface area (Å²) in [5.74, 6) is 3.51. The number of nitrogens with one attached hydrogen (secondary N) is 1. The van der Waals surface area contributed by atoms with Crippen molar-refractivity contribution < 1.29 is 4.74 Å². The molecule has 0 bridgehead atoms. The van der Waals surface area contributed by atoms with Crippen LogP contribution >= 0.6 is 0 Å². The Morgan fingerprint density at radius 2 is 2.23 bits per heavy atom. The Morgan fingerprint density at radius 1 is 1.54 bits per heavy atom. The highest BCUT2D eigenvalue weighted by atomic mass is 16.5. The Morgan fingerprint density at radius 3 is 2.77 bits per heavy atom. The van der Waals surface area contributed by atoms with E-state index in [0.29, 0.717) is 0 Å². The monoisotopic (exact) mass is 181 g/mol. The lowest BCUT2D eigenvalue weighted by atomic mass is 10.00. The van der Waals surface area contributed by atoms with Gasteiger partial charge in [0.05, 0.1) is 6.04 Å². The van der Waals surface area contributed by atoms with Gasteiger partial charge in [0.1, 0.15) is 0 Å². The zero-order valence-corrected chi connectivity index (χ0v) is 8.38. The molecule has 0 aromatic carbocycles. The van der Waals surface area contributed by atoms with Gasteiger partial charge in [-0.2, -0.15) is 0 Å². The first kappa shape index (κ1) is 10.6. The zero-order valence-electron chi connectivity index (χ0n) is 8.38. The molecule has 1 rings (SSSR count). The SMILES string of the molecule is C#CC(CC)NCC1CCOCC1. The van der Waals surface area contributed by atoms with Gasteiger partial charge in [0.2, 0.25) is 0 Å². The minimum Gasteiger partial charge on any atom is -0.381 e. The molecule has 0 aromatic rings. The smallest absolute Gasteiger partial charge is 0.0684 e. The molecule has 1 saturated heterocycles. The summed E-state index contributed by atoms with van der Waals surface area (Å²) in [6.45, 7) is 4.99. The van der Waals surface area contributed by atoms with E-state index in [1.54, 1.807) is 0 Å². The molecule has 0 aromatic heterocycles. The Bertz CT molecular complexity index is 167. The summed E-state index contributed by atoms with van der Waals surface area (Å²) in [6.07, 6.45) is 8.72. The number of ether oxygens (including phenoxy) is 1. The van der Waals surface area contributed by atoms with E-state index in [1.165, 1.54) is 12.8 Å². The molecule has 0 saturated carbocycles. The van der Waals surface area contributed by atoms with Crippen molar-refractivity contribution in [3.8, 4) is 12.3 Å². The van der Waals surface area contributed by atoms with Crippen LogP contribution in [0.4, 0.5) is 0 Å². The van der Waals surface area contributed by atoms with Crippen molar-refractivity contribution in [3.05, 3.63) is 0 Å². The molecule has 13 heavy (non-hydrogen) atoms. The van der Waals surface area contributed by atoms with E-state index in [-0.39, 0.29) is 6.04 Å². The van der Waals surface area contributed by atoms with Gasteiger partial charge in [-0.15, -0.1) is 6.42 Å². The second-order valence-corrected chi connectivity index (χ2v) is 3.59. The van der Waals surface area contributed by atoms with Crippen LogP contribution in [-0.2, 0) is 4.74 Å². The summed E-state index contributed by atoms with van der Waals surface area (Å²) in [6, 6.07) is 0.253. The average Bonchev–Trinajstić information content (AvgIpc) is 2.21. The molecular formula is C11H19NO. The first-order chi connectivity index (χ1) is 6.36. The predicted molar refractivity (Wildman–Crippen MR) is 54.5 cm³/mol. The summed E-state index contributed by atoms with van der Waals surface area (Å²) in [5.41, 5.74) is 0. The minimum absolute atomic E-state index is 0.253. The second-order valence-electron chi connectivity index (χ2n) is 3.59. The van der Waals surface area contributed by atoms with Crippen LogP contribution in [0, 0.1) is 18.3 Å². The van der Waals surface area contributed by atoms with Crippen LogP contribution in [0.2, 0.25) is 0 Å². The number of hydrogen-bond acceptors (Lipinski definition) is 2. The summed E-state index contributed by atoms with van der Waals surface area (Å²) >= 11 is 0. The van der Waals surface area contributed by atoms with E-state index >= 15 is 0 Å². The molecule has 2 nitrogen and oxygen atoms in total. The molecule has 0 aliphatic carbocycles. The predicted octanol–water partition coefficient (Wildman–Crippen LogP) is 1.41. The van der Waals surface area contributed by atoms with E-state index in [4.69, 9.17) is 11.2 Å². The molecule has 1 aliphatic heterocycles. The topological polar surface area (TPSA) is 21.3 Å². The van der Waals surface area contributed by atoms with Crippen LogP contribution < -0.4 is 5.32 Å². The van der Waals surface area contributed by atoms with Crippen molar-refractivity contribution in [3.63, 3.8) is 0 Å². The molecule has 1 unspecified atom stereocenters. The Balaban J connectivity index is 2.13. The third-order valence-corrected chi connectivity index (χ3v) is 2.60. The summed E-state index contributed by atoms with van der Waals surface area (Å²) in [7, 11) is 0. The summed E-state index contributed by atoms with van der Waals surface area (Å²) < 4.78 is 5.29. The number of rotatable bonds is 4. The van der Waals surface area contributed by atoms with Crippen LogP contribution in [0.5, 0.6) is 0 Å². The van der Waals surface area contributed by atoms with Crippen molar-refractivity contribution in [1.29, 1.82) is 0 Å². The second kappa shape index (κ2) is 6.01. The molecule has 0 radical (unpaired) electrons. The molecule has 1 fully saturated rings. The fraction of sp³-hybridized carbons (Fsp3) is 0.818. The third kappa shape index (κ3) is 3.80. The van der Waals surface area contributed by atoms with Gasteiger partial charge in [-0.1, -0.05) is 12.8 Å². The highest BCUT2D eigenvalue weighted by Crippen LogP contribution is 2.13. The molecular weight excluding hydrogens is 162 g/mol. The van der Waals surface area contributed by atoms with Gasteiger partial charge in [-0.3, -0.25) is 0 Å². The van der Waals surface area contributed by atoms with Crippen LogP contribution in [0.3, 0.4) is 0 Å². The molecule has 1 aliphatic rings. The van der Waals surface area contributed by atoms with E-state index < -0.39 is 0 Å². The highest BCUT2D eigenvalue weighted by Gasteiger charge is 2.14. The highest BCUT2D eigenvalue weighted by molar-refractivity contribution is 4.97. The number of terminal acetylenes is 1. The van der Waals surface area contributed by atoms with Gasteiger partial charge in [0.25, 0.3) is 0 Å². The van der Waals surface area contributed by atoms with Gasteiger partial charge in [-0.05, 0) is 31.7 Å². The Labute approximate surface area is 81.0 Å². The van der Waals surface area contributed by atoms with Crippen LogP contribution in [0.25, 0.3) is 0 Å². The van der Waals surface area contributed by atoms with Crippen LogP contribution in [0.1, 0.15) is 26.2 Å². The first-order valence-electron chi connectivity index (χ1n) is 5.14. The molecule has 1 heterocycles. The van der Waals surface area contributed by atoms with Crippen molar-refractivity contribution in [1.82, 2.24) is 5.32 Å². The largest absolute Gasteiger partial charge is 0.381 e. The lowest BCUT2D eigenvalue weighted by Gasteiger charge is -2.23. The van der Waals surface area contributed by atoms with Crippen LogP contribution in [0.15, 0.2) is 0 Å². The van der Waals surface area contributed by atoms with Gasteiger partial charge < -0.3 is 10.1 Å². The fourth-order valence-corrected chi connectivity index (χ4v) is 1.58. The molecule has 0 amide bonds. The molecule has 1 N–H and O–H groups in total. The molecule has 1 atom stereocenters. The Hall–Kier alpha value is -0.520. The maximum Gasteiger partial charge on any atom is 0.0684 e. The lowest BCUT2D eigenvalue weighted by molar-refractivity contribution is 0.0659. The lowest BCUT2D eigenvalue weighted by Crippen LogP contribution is -2.34. The van der Waals surface area contributed by atoms with Crippen molar-refractivity contribution >= 4 is 0 Å². The van der Waals surface area contributed by atoms with E-state index in [0.717, 1.165) is 32.1 Å². The standard InChI is InChI=1S/C11H19NO/c1-3-11(4-2)12-9-10-5-7-13-8-6-10/h1,10-12H,4-9H2,2H3. The minimum atomic E-state index is 0.253.